The summed E-state index contributed by atoms with van der Waals surface area (Å²) in [5.41, 5.74) is 1.50. The van der Waals surface area contributed by atoms with Gasteiger partial charge in [0.25, 0.3) is 5.91 Å². The molecule has 0 aliphatic carbocycles. The van der Waals surface area contributed by atoms with Gasteiger partial charge in [0.2, 0.25) is 0 Å². The summed E-state index contributed by atoms with van der Waals surface area (Å²) in [6.45, 7) is -0.173. The molecule has 0 fully saturated rings. The van der Waals surface area contributed by atoms with Gasteiger partial charge in [0.15, 0.2) is 18.1 Å². The first-order chi connectivity index (χ1) is 12.2. The molecule has 2 aromatic carbocycles. The van der Waals surface area contributed by atoms with E-state index in [4.69, 9.17) is 14.3 Å². The lowest BCUT2D eigenvalue weighted by Gasteiger charge is -2.07. The van der Waals surface area contributed by atoms with Crippen LogP contribution < -0.4 is 14.8 Å². The van der Waals surface area contributed by atoms with Crippen molar-refractivity contribution in [3.63, 3.8) is 0 Å². The molecule has 6 nitrogen and oxygen atoms in total. The van der Waals surface area contributed by atoms with Crippen LogP contribution in [-0.2, 0) is 9.63 Å². The van der Waals surface area contributed by atoms with Crippen molar-refractivity contribution in [2.75, 3.05) is 32.4 Å². The van der Waals surface area contributed by atoms with E-state index in [0.717, 1.165) is 16.1 Å². The van der Waals surface area contributed by atoms with Gasteiger partial charge < -0.3 is 19.6 Å². The number of carbonyl (C=O) groups excluding carboxylic acids is 1. The van der Waals surface area contributed by atoms with E-state index >= 15 is 0 Å². The number of methoxy groups -OCH3 is 2. The maximum Gasteiger partial charge on any atom is 0.265 e. The number of rotatable bonds is 8. The normalized spacial score (nSPS) is 10.5. The Bertz CT molecular complexity index is 750. The molecule has 2 rings (SSSR count). The van der Waals surface area contributed by atoms with Crippen LogP contribution >= 0.6 is 11.8 Å². The van der Waals surface area contributed by atoms with Crippen molar-refractivity contribution in [2.24, 2.45) is 5.16 Å². The van der Waals surface area contributed by atoms with Crippen LogP contribution in [0.25, 0.3) is 0 Å². The number of hydrogen-bond acceptors (Lipinski definition) is 6. The van der Waals surface area contributed by atoms with Crippen LogP contribution in [0.5, 0.6) is 11.5 Å². The number of amides is 1. The minimum atomic E-state index is -0.275. The van der Waals surface area contributed by atoms with E-state index in [9.17, 15) is 4.79 Å². The Morgan fingerprint density at radius 2 is 1.96 bits per heavy atom. The van der Waals surface area contributed by atoms with Crippen molar-refractivity contribution in [3.8, 4) is 11.5 Å². The van der Waals surface area contributed by atoms with Gasteiger partial charge in [-0.3, -0.25) is 4.79 Å². The SMILES string of the molecule is COc1ccc(/C=N\OCC(=O)Nc2cccc(SC)c2)cc1OC. The van der Waals surface area contributed by atoms with Crippen molar-refractivity contribution in [2.45, 2.75) is 4.90 Å². The van der Waals surface area contributed by atoms with Crippen LogP contribution in [0.3, 0.4) is 0 Å². The van der Waals surface area contributed by atoms with E-state index in [-0.39, 0.29) is 12.5 Å². The van der Waals surface area contributed by atoms with E-state index in [1.807, 2.05) is 36.6 Å². The number of anilines is 1. The molecule has 0 saturated heterocycles. The van der Waals surface area contributed by atoms with E-state index < -0.39 is 0 Å². The lowest BCUT2D eigenvalue weighted by atomic mass is 10.2. The first-order valence-corrected chi connectivity index (χ1v) is 8.70. The molecule has 0 spiro atoms. The topological polar surface area (TPSA) is 69.2 Å². The predicted octanol–water partition coefficient (Wildman–Crippen LogP) is 3.41. The van der Waals surface area contributed by atoms with Crippen molar-refractivity contribution in [3.05, 3.63) is 48.0 Å². The number of ether oxygens (including phenoxy) is 2. The molecule has 2 aromatic rings. The van der Waals surface area contributed by atoms with Crippen molar-refractivity contribution in [1.82, 2.24) is 0 Å². The Labute approximate surface area is 151 Å². The molecular formula is C18H20N2O4S. The fraction of sp³-hybridized carbons (Fsp3) is 0.222. The molecule has 0 saturated carbocycles. The number of thioether (sulfide) groups is 1. The summed E-state index contributed by atoms with van der Waals surface area (Å²) in [4.78, 5) is 18.0. The van der Waals surface area contributed by atoms with Crippen LogP contribution in [0.15, 0.2) is 52.5 Å². The summed E-state index contributed by atoms with van der Waals surface area (Å²) in [6, 6.07) is 12.9. The minimum absolute atomic E-state index is 0.173. The average molecular weight is 360 g/mol. The Hall–Kier alpha value is -2.67. The molecule has 1 N–H and O–H groups in total. The van der Waals surface area contributed by atoms with Crippen LogP contribution in [-0.4, -0.2) is 39.2 Å². The van der Waals surface area contributed by atoms with Crippen molar-refractivity contribution >= 4 is 29.6 Å². The molecule has 7 heteroatoms. The molecule has 132 valence electrons. The zero-order chi connectivity index (χ0) is 18.1. The van der Waals surface area contributed by atoms with Gasteiger partial charge in [-0.1, -0.05) is 11.2 Å². The average Bonchev–Trinajstić information content (AvgIpc) is 2.65. The molecule has 1 amide bonds. The van der Waals surface area contributed by atoms with Gasteiger partial charge in [0.1, 0.15) is 0 Å². The largest absolute Gasteiger partial charge is 0.493 e. The van der Waals surface area contributed by atoms with E-state index in [0.29, 0.717) is 11.5 Å². The van der Waals surface area contributed by atoms with Crippen LogP contribution in [0, 0.1) is 0 Å². The monoisotopic (exact) mass is 360 g/mol. The van der Waals surface area contributed by atoms with Gasteiger partial charge in [0.05, 0.1) is 20.4 Å². The third kappa shape index (κ3) is 5.72. The Morgan fingerprint density at radius 1 is 1.16 bits per heavy atom. The van der Waals surface area contributed by atoms with Gasteiger partial charge >= 0.3 is 0 Å². The molecule has 0 aromatic heterocycles. The van der Waals surface area contributed by atoms with Gasteiger partial charge in [-0.05, 0) is 42.7 Å². The molecule has 0 bridgehead atoms. The third-order valence-electron chi connectivity index (χ3n) is 3.23. The third-order valence-corrected chi connectivity index (χ3v) is 3.96. The van der Waals surface area contributed by atoms with E-state index in [1.54, 1.807) is 38.1 Å². The first-order valence-electron chi connectivity index (χ1n) is 7.47. The molecule has 25 heavy (non-hydrogen) atoms. The first kappa shape index (κ1) is 18.7. The summed E-state index contributed by atoms with van der Waals surface area (Å²) in [7, 11) is 3.13. The fourth-order valence-corrected chi connectivity index (χ4v) is 2.48. The molecule has 0 aliphatic rings. The quantitative estimate of drug-likeness (QED) is 0.444. The number of nitrogens with zero attached hydrogens (tertiary/aromatic N) is 1. The Balaban J connectivity index is 1.85. The fourth-order valence-electron chi connectivity index (χ4n) is 2.03. The minimum Gasteiger partial charge on any atom is -0.493 e. The number of benzene rings is 2. The highest BCUT2D eigenvalue weighted by atomic mass is 32.2. The predicted molar refractivity (Wildman–Crippen MR) is 99.9 cm³/mol. The van der Waals surface area contributed by atoms with E-state index in [1.165, 1.54) is 6.21 Å². The summed E-state index contributed by atoms with van der Waals surface area (Å²) < 4.78 is 10.4. The molecular weight excluding hydrogens is 340 g/mol. The summed E-state index contributed by atoms with van der Waals surface area (Å²) >= 11 is 1.61. The zero-order valence-electron chi connectivity index (χ0n) is 14.3. The van der Waals surface area contributed by atoms with Gasteiger partial charge in [-0.25, -0.2) is 0 Å². The van der Waals surface area contributed by atoms with Crippen LogP contribution in [0.4, 0.5) is 5.69 Å². The summed E-state index contributed by atoms with van der Waals surface area (Å²) in [5, 5.41) is 6.56. The lowest BCUT2D eigenvalue weighted by Crippen LogP contribution is -2.16. The highest BCUT2D eigenvalue weighted by Crippen LogP contribution is 2.26. The maximum atomic E-state index is 11.9. The second-order valence-corrected chi connectivity index (χ2v) is 5.78. The molecule has 0 unspecified atom stereocenters. The maximum absolute atomic E-state index is 11.9. The zero-order valence-corrected chi connectivity index (χ0v) is 15.1. The summed E-state index contributed by atoms with van der Waals surface area (Å²) in [6.07, 6.45) is 3.48. The molecule has 0 radical (unpaired) electrons. The highest BCUT2D eigenvalue weighted by Gasteiger charge is 2.04. The van der Waals surface area contributed by atoms with Crippen molar-refractivity contribution in [1.29, 1.82) is 0 Å². The smallest absolute Gasteiger partial charge is 0.265 e. The van der Waals surface area contributed by atoms with Gasteiger partial charge in [-0.15, -0.1) is 11.8 Å². The number of nitrogens with one attached hydrogen (secondary N) is 1. The highest BCUT2D eigenvalue weighted by molar-refractivity contribution is 7.98. The second kappa shape index (κ2) is 9.58. The van der Waals surface area contributed by atoms with Crippen LogP contribution in [0.2, 0.25) is 0 Å². The molecule has 0 aliphatic heterocycles. The lowest BCUT2D eigenvalue weighted by molar-refractivity contribution is -0.120. The number of hydrogen-bond donors (Lipinski definition) is 1. The molecule has 0 atom stereocenters. The standard InChI is InChI=1S/C18H20N2O4S/c1-22-16-8-7-13(9-17(16)23-2)11-19-24-12-18(21)20-14-5-4-6-15(10-14)25-3/h4-11H,12H2,1-3H3,(H,20,21)/b19-11-. The number of oxime groups is 1. The van der Waals surface area contributed by atoms with Gasteiger partial charge in [-0.2, -0.15) is 0 Å². The van der Waals surface area contributed by atoms with E-state index in [2.05, 4.69) is 10.5 Å². The Morgan fingerprint density at radius 3 is 2.68 bits per heavy atom. The number of carbonyl (C=O) groups is 1. The summed E-state index contributed by atoms with van der Waals surface area (Å²) in [5.74, 6) is 0.952. The van der Waals surface area contributed by atoms with Gasteiger partial charge in [0, 0.05) is 16.1 Å². The Kier molecular flexibility index (Phi) is 7.16. The second-order valence-electron chi connectivity index (χ2n) is 4.90. The molecule has 0 heterocycles. The van der Waals surface area contributed by atoms with Crippen molar-refractivity contribution < 1.29 is 19.1 Å². The van der Waals surface area contributed by atoms with Crippen LogP contribution in [0.1, 0.15) is 5.56 Å².